The van der Waals surface area contributed by atoms with Crippen molar-refractivity contribution in [2.24, 2.45) is 0 Å². The molecule has 4 nitrogen and oxygen atoms in total. The van der Waals surface area contributed by atoms with Gasteiger partial charge in [-0.25, -0.2) is 0 Å². The number of thioether (sulfide) groups is 1. The van der Waals surface area contributed by atoms with Gasteiger partial charge in [0.25, 0.3) is 0 Å². The van der Waals surface area contributed by atoms with Crippen molar-refractivity contribution in [2.75, 3.05) is 25.8 Å². The highest BCUT2D eigenvalue weighted by molar-refractivity contribution is 8.02. The Bertz CT molecular complexity index is 402. The number of methoxy groups -OCH3 is 2. The van der Waals surface area contributed by atoms with Gasteiger partial charge in [-0.2, -0.15) is 0 Å². The van der Waals surface area contributed by atoms with Crippen molar-refractivity contribution in [3.63, 3.8) is 0 Å². The van der Waals surface area contributed by atoms with Crippen molar-refractivity contribution in [3.05, 3.63) is 41.4 Å². The first-order chi connectivity index (χ1) is 8.71. The molecule has 0 saturated heterocycles. The van der Waals surface area contributed by atoms with Gasteiger partial charge in [0, 0.05) is 26.0 Å². The van der Waals surface area contributed by atoms with Crippen LogP contribution in [0.4, 0.5) is 5.69 Å². The summed E-state index contributed by atoms with van der Waals surface area (Å²) in [5.41, 5.74) is 0.928. The lowest BCUT2D eigenvalue weighted by atomic mass is 10.3. The highest BCUT2D eigenvalue weighted by atomic mass is 32.2. The summed E-state index contributed by atoms with van der Waals surface area (Å²) in [6.07, 6.45) is 2.52. The van der Waals surface area contributed by atoms with E-state index in [2.05, 4.69) is 5.32 Å². The average molecular weight is 267 g/mol. The molecular weight excluding hydrogens is 250 g/mol. The molecule has 98 valence electrons. The second-order valence-corrected chi connectivity index (χ2v) is 4.26. The summed E-state index contributed by atoms with van der Waals surface area (Å²) < 4.78 is 9.81. The smallest absolute Gasteiger partial charge is 0.221 e. The number of carbonyl (C=O) groups excluding carboxylic acids is 1. The van der Waals surface area contributed by atoms with E-state index in [4.69, 9.17) is 9.47 Å². The Morgan fingerprint density at radius 2 is 1.89 bits per heavy atom. The van der Waals surface area contributed by atoms with Gasteiger partial charge in [-0.15, -0.1) is 11.8 Å². The van der Waals surface area contributed by atoms with E-state index in [9.17, 15) is 4.79 Å². The van der Waals surface area contributed by atoms with Crippen LogP contribution in [0.15, 0.2) is 41.4 Å². The number of ether oxygens (including phenoxy) is 2. The van der Waals surface area contributed by atoms with Gasteiger partial charge in [0.15, 0.2) is 0 Å². The van der Waals surface area contributed by atoms with Gasteiger partial charge in [-0.1, -0.05) is 18.2 Å². The van der Waals surface area contributed by atoms with Gasteiger partial charge in [-0.05, 0) is 18.4 Å². The van der Waals surface area contributed by atoms with Crippen molar-refractivity contribution in [3.8, 4) is 0 Å². The van der Waals surface area contributed by atoms with E-state index in [0.717, 1.165) is 10.7 Å². The Hall–Kier alpha value is -1.30. The number of para-hydroxylation sites is 1. The lowest BCUT2D eigenvalue weighted by Gasteiger charge is -2.12. The van der Waals surface area contributed by atoms with Crippen LogP contribution in [0.3, 0.4) is 0 Å². The third-order valence-electron chi connectivity index (χ3n) is 2.20. The maximum absolute atomic E-state index is 11.8. The van der Waals surface area contributed by atoms with Crippen LogP contribution in [0.1, 0.15) is 0 Å². The predicted molar refractivity (Wildman–Crippen MR) is 74.5 cm³/mol. The third-order valence-corrected chi connectivity index (χ3v) is 2.85. The molecule has 0 atom stereocenters. The average Bonchev–Trinajstić information content (AvgIpc) is 2.40. The number of hydrogen-bond acceptors (Lipinski definition) is 5. The van der Waals surface area contributed by atoms with E-state index in [1.165, 1.54) is 32.1 Å². The molecule has 5 heteroatoms. The number of nitrogens with one attached hydrogen (secondary N) is 1. The van der Waals surface area contributed by atoms with Gasteiger partial charge >= 0.3 is 0 Å². The van der Waals surface area contributed by atoms with E-state index in [-0.39, 0.29) is 5.78 Å². The molecule has 1 aromatic rings. The fourth-order valence-electron chi connectivity index (χ4n) is 1.34. The van der Waals surface area contributed by atoms with E-state index < -0.39 is 6.29 Å². The van der Waals surface area contributed by atoms with E-state index in [0.29, 0.717) is 0 Å². The Balaban J connectivity index is 2.74. The van der Waals surface area contributed by atoms with Crippen LogP contribution < -0.4 is 5.32 Å². The number of hydrogen-bond donors (Lipinski definition) is 1. The molecule has 1 rings (SSSR count). The zero-order valence-corrected chi connectivity index (χ0v) is 11.5. The van der Waals surface area contributed by atoms with E-state index >= 15 is 0 Å². The molecule has 0 aromatic heterocycles. The number of carbonyl (C=O) groups is 1. The molecule has 0 aliphatic carbocycles. The largest absolute Gasteiger partial charge is 0.350 e. The lowest BCUT2D eigenvalue weighted by molar-refractivity contribution is -0.151. The van der Waals surface area contributed by atoms with Crippen molar-refractivity contribution in [1.82, 2.24) is 0 Å². The maximum atomic E-state index is 11.8. The van der Waals surface area contributed by atoms with Crippen molar-refractivity contribution >= 4 is 23.2 Å². The van der Waals surface area contributed by atoms with E-state index in [1.54, 1.807) is 0 Å². The molecule has 0 aliphatic rings. The Labute approximate surface area is 111 Å². The van der Waals surface area contributed by atoms with Crippen LogP contribution >= 0.6 is 11.8 Å². The maximum Gasteiger partial charge on any atom is 0.221 e. The minimum absolute atomic E-state index is 0.229. The van der Waals surface area contributed by atoms with Crippen molar-refractivity contribution in [1.29, 1.82) is 0 Å². The molecule has 0 saturated carbocycles. The molecule has 1 aromatic carbocycles. The van der Waals surface area contributed by atoms with Gasteiger partial charge in [-0.3, -0.25) is 4.79 Å². The molecule has 0 radical (unpaired) electrons. The molecule has 0 fully saturated rings. The zero-order chi connectivity index (χ0) is 13.4. The summed E-state index contributed by atoms with van der Waals surface area (Å²) in [5, 5.41) is 3.90. The standard InChI is InChI=1S/C13H17NO3S/c1-16-13(17-2)11(15)9-12(18-3)14-10-7-5-4-6-8-10/h4-9,13-14H,1-3H3/b12-9-. The minimum atomic E-state index is -0.857. The zero-order valence-electron chi connectivity index (χ0n) is 10.7. The molecule has 0 unspecified atom stereocenters. The van der Waals surface area contributed by atoms with Crippen LogP contribution in [0.2, 0.25) is 0 Å². The number of ketones is 1. The summed E-state index contributed by atoms with van der Waals surface area (Å²) in [4.78, 5) is 11.8. The topological polar surface area (TPSA) is 47.6 Å². The second-order valence-electron chi connectivity index (χ2n) is 3.41. The SMILES string of the molecule is COC(OC)C(=O)/C=C(/Nc1ccccc1)SC. The quantitative estimate of drug-likeness (QED) is 0.607. The first-order valence-corrected chi connectivity index (χ1v) is 6.61. The first kappa shape index (κ1) is 14.8. The molecule has 0 heterocycles. The summed E-state index contributed by atoms with van der Waals surface area (Å²) in [5.74, 6) is -0.229. The third kappa shape index (κ3) is 4.52. The number of benzene rings is 1. The summed E-state index contributed by atoms with van der Waals surface area (Å²) in [6.45, 7) is 0. The molecule has 18 heavy (non-hydrogen) atoms. The molecule has 0 bridgehead atoms. The van der Waals surface area contributed by atoms with Crippen LogP contribution in [0.5, 0.6) is 0 Å². The highest BCUT2D eigenvalue weighted by Crippen LogP contribution is 2.17. The Morgan fingerprint density at radius 3 is 2.39 bits per heavy atom. The molecular formula is C13H17NO3S. The number of rotatable bonds is 7. The van der Waals surface area contributed by atoms with Crippen LogP contribution in [-0.2, 0) is 14.3 Å². The lowest BCUT2D eigenvalue weighted by Crippen LogP contribution is -2.23. The minimum Gasteiger partial charge on any atom is -0.350 e. The summed E-state index contributed by atoms with van der Waals surface area (Å²) in [6, 6.07) is 9.65. The molecule has 0 spiro atoms. The predicted octanol–water partition coefficient (Wildman–Crippen LogP) is 2.49. The highest BCUT2D eigenvalue weighted by Gasteiger charge is 2.14. The molecule has 1 N–H and O–H groups in total. The van der Waals surface area contributed by atoms with E-state index in [1.807, 2.05) is 36.6 Å². The van der Waals surface area contributed by atoms with Crippen LogP contribution in [-0.4, -0.2) is 32.5 Å². The van der Waals surface area contributed by atoms with Gasteiger partial charge in [0.05, 0.1) is 5.03 Å². The monoisotopic (exact) mass is 267 g/mol. The van der Waals surface area contributed by atoms with Crippen LogP contribution in [0, 0.1) is 0 Å². The fraction of sp³-hybridized carbons (Fsp3) is 0.308. The molecule has 0 aliphatic heterocycles. The first-order valence-electron chi connectivity index (χ1n) is 5.38. The fourth-order valence-corrected chi connectivity index (χ4v) is 1.79. The van der Waals surface area contributed by atoms with Crippen LogP contribution in [0.25, 0.3) is 0 Å². The Morgan fingerprint density at radius 1 is 1.28 bits per heavy atom. The van der Waals surface area contributed by atoms with Crippen molar-refractivity contribution < 1.29 is 14.3 Å². The van der Waals surface area contributed by atoms with Gasteiger partial charge in [0.2, 0.25) is 12.1 Å². The number of anilines is 1. The summed E-state index contributed by atoms with van der Waals surface area (Å²) >= 11 is 1.45. The molecule has 0 amide bonds. The van der Waals surface area contributed by atoms with Gasteiger partial charge in [0.1, 0.15) is 0 Å². The normalized spacial score (nSPS) is 11.7. The summed E-state index contributed by atoms with van der Waals surface area (Å²) in [7, 11) is 2.87. The van der Waals surface area contributed by atoms with Crippen molar-refractivity contribution in [2.45, 2.75) is 6.29 Å². The second kappa shape index (κ2) is 7.92. The van der Waals surface area contributed by atoms with Gasteiger partial charge < -0.3 is 14.8 Å². The Kier molecular flexibility index (Phi) is 6.49.